The third-order valence-corrected chi connectivity index (χ3v) is 4.78. The molecular weight excluding hydrogens is 396 g/mol. The molecule has 1 saturated heterocycles. The zero-order valence-electron chi connectivity index (χ0n) is 15.5. The molecule has 2 amide bonds. The Morgan fingerprint density at radius 1 is 1.31 bits per heavy atom. The van der Waals surface area contributed by atoms with Crippen LogP contribution in [0.3, 0.4) is 0 Å². The lowest BCUT2D eigenvalue weighted by Gasteiger charge is -2.08. The van der Waals surface area contributed by atoms with Gasteiger partial charge < -0.3 is 19.8 Å². The molecule has 10 heteroatoms. The predicted molar refractivity (Wildman–Crippen MR) is 109 cm³/mol. The second kappa shape index (κ2) is 9.69. The van der Waals surface area contributed by atoms with Crippen LogP contribution in [0, 0.1) is 0 Å². The summed E-state index contributed by atoms with van der Waals surface area (Å²) in [5, 5.41) is 12.7. The van der Waals surface area contributed by atoms with Crippen LogP contribution in [0.5, 0.6) is 0 Å². The molecule has 1 aromatic carbocycles. The number of carbonyl (C=O) groups excluding carboxylic acids is 3. The van der Waals surface area contributed by atoms with Gasteiger partial charge in [0.25, 0.3) is 0 Å². The van der Waals surface area contributed by atoms with Crippen LogP contribution in [0.15, 0.2) is 57.3 Å². The molecule has 2 N–H and O–H groups in total. The van der Waals surface area contributed by atoms with Crippen molar-refractivity contribution in [3.8, 4) is 0 Å². The normalized spacial score (nSPS) is 17.5. The maximum absolute atomic E-state index is 12.2. The summed E-state index contributed by atoms with van der Waals surface area (Å²) in [5.74, 6) is -0.531. The molecule has 0 saturated carbocycles. The van der Waals surface area contributed by atoms with Crippen LogP contribution < -0.4 is 10.6 Å². The van der Waals surface area contributed by atoms with Crippen molar-refractivity contribution in [1.29, 1.82) is 0 Å². The Bertz CT molecular complexity index is 938. The highest BCUT2D eigenvalue weighted by Crippen LogP contribution is 2.23. The number of amidine groups is 1. The fourth-order valence-corrected chi connectivity index (χ4v) is 3.30. The standard InChI is InChI=1S/C19H18N4O5S/c1-2-27-18(26)12-5-7-13(8-6-12)21-16(24)10-15-17(25)22-19(29-15)23-20-11-14-4-3-9-28-14/h3-9,11,15H,2,10H2,1H3,(H,21,24)(H,22,23,25)/t15-/m1/s1. The highest BCUT2D eigenvalue weighted by Gasteiger charge is 2.32. The summed E-state index contributed by atoms with van der Waals surface area (Å²) < 4.78 is 10.00. The number of hydrogen-bond donors (Lipinski definition) is 2. The highest BCUT2D eigenvalue weighted by atomic mass is 32.2. The number of rotatable bonds is 7. The van der Waals surface area contributed by atoms with Gasteiger partial charge in [-0.05, 0) is 43.3 Å². The number of amides is 2. The summed E-state index contributed by atoms with van der Waals surface area (Å²) in [5.41, 5.74) is 0.912. The van der Waals surface area contributed by atoms with E-state index in [2.05, 4.69) is 20.8 Å². The minimum atomic E-state index is -0.605. The maximum Gasteiger partial charge on any atom is 0.338 e. The van der Waals surface area contributed by atoms with Gasteiger partial charge in [0.2, 0.25) is 11.8 Å². The summed E-state index contributed by atoms with van der Waals surface area (Å²) in [6.45, 7) is 2.02. The molecular formula is C19H18N4O5S. The van der Waals surface area contributed by atoms with Crippen molar-refractivity contribution in [2.24, 2.45) is 10.2 Å². The van der Waals surface area contributed by atoms with E-state index in [1.807, 2.05) is 0 Å². The molecule has 0 spiro atoms. The van der Waals surface area contributed by atoms with E-state index >= 15 is 0 Å². The number of nitrogens with one attached hydrogen (secondary N) is 2. The highest BCUT2D eigenvalue weighted by molar-refractivity contribution is 8.15. The first kappa shape index (κ1) is 20.3. The Balaban J connectivity index is 1.51. The zero-order valence-corrected chi connectivity index (χ0v) is 16.3. The Kier molecular flexibility index (Phi) is 6.80. The summed E-state index contributed by atoms with van der Waals surface area (Å²) in [7, 11) is 0. The van der Waals surface area contributed by atoms with Gasteiger partial charge in [0, 0.05) is 12.1 Å². The number of benzene rings is 1. The molecule has 150 valence electrons. The zero-order chi connectivity index (χ0) is 20.6. The van der Waals surface area contributed by atoms with Gasteiger partial charge in [0.1, 0.15) is 11.0 Å². The van der Waals surface area contributed by atoms with Gasteiger partial charge in [-0.2, -0.15) is 5.10 Å². The number of carbonyl (C=O) groups is 3. The van der Waals surface area contributed by atoms with Crippen molar-refractivity contribution in [1.82, 2.24) is 5.32 Å². The van der Waals surface area contributed by atoms with Crippen LogP contribution >= 0.6 is 11.8 Å². The van der Waals surface area contributed by atoms with Crippen LogP contribution in [-0.2, 0) is 14.3 Å². The summed E-state index contributed by atoms with van der Waals surface area (Å²) in [6, 6.07) is 9.76. The molecule has 2 aromatic rings. The molecule has 9 nitrogen and oxygen atoms in total. The van der Waals surface area contributed by atoms with Gasteiger partial charge in [-0.25, -0.2) is 4.79 Å². The van der Waals surface area contributed by atoms with Gasteiger partial charge >= 0.3 is 5.97 Å². The molecule has 3 rings (SSSR count). The van der Waals surface area contributed by atoms with E-state index in [9.17, 15) is 14.4 Å². The Hall–Kier alpha value is -3.40. The van der Waals surface area contributed by atoms with E-state index in [4.69, 9.17) is 9.15 Å². The third-order valence-electron chi connectivity index (χ3n) is 3.70. The lowest BCUT2D eigenvalue weighted by molar-refractivity contribution is -0.122. The van der Waals surface area contributed by atoms with Crippen LogP contribution in [0.2, 0.25) is 0 Å². The summed E-state index contributed by atoms with van der Waals surface area (Å²) in [6.07, 6.45) is 2.90. The number of furan rings is 1. The average molecular weight is 414 g/mol. The average Bonchev–Trinajstić information content (AvgIpc) is 3.33. The molecule has 0 bridgehead atoms. The first-order valence-electron chi connectivity index (χ1n) is 8.74. The van der Waals surface area contributed by atoms with Crippen LogP contribution in [0.4, 0.5) is 5.69 Å². The lowest BCUT2D eigenvalue weighted by Crippen LogP contribution is -2.28. The van der Waals surface area contributed by atoms with Crippen molar-refractivity contribution in [3.05, 3.63) is 54.0 Å². The largest absolute Gasteiger partial charge is 0.463 e. The van der Waals surface area contributed by atoms with Crippen molar-refractivity contribution >= 4 is 46.6 Å². The van der Waals surface area contributed by atoms with Crippen molar-refractivity contribution < 1.29 is 23.5 Å². The van der Waals surface area contributed by atoms with Gasteiger partial charge in [-0.1, -0.05) is 11.8 Å². The van der Waals surface area contributed by atoms with Gasteiger partial charge in [0.15, 0.2) is 5.17 Å². The second-order valence-corrected chi connectivity index (χ2v) is 7.00. The number of hydrogen-bond acceptors (Lipinski definition) is 8. The third kappa shape index (κ3) is 5.79. The SMILES string of the molecule is CCOC(=O)c1ccc(NC(=O)C[C@H]2S/C(=N/N=Cc3ccco3)NC2=O)cc1. The molecule has 0 aliphatic carbocycles. The number of anilines is 1. The number of ether oxygens (including phenoxy) is 1. The molecule has 1 aliphatic heterocycles. The fraction of sp³-hybridized carbons (Fsp3) is 0.211. The molecule has 1 atom stereocenters. The van der Waals surface area contributed by atoms with E-state index in [-0.39, 0.29) is 24.8 Å². The van der Waals surface area contributed by atoms with Gasteiger partial charge in [0.05, 0.1) is 24.6 Å². The maximum atomic E-state index is 12.2. The Morgan fingerprint density at radius 2 is 2.10 bits per heavy atom. The van der Waals surface area contributed by atoms with E-state index in [0.29, 0.717) is 22.2 Å². The smallest absolute Gasteiger partial charge is 0.338 e. The monoisotopic (exact) mass is 414 g/mol. The van der Waals surface area contributed by atoms with Crippen LogP contribution in [0.25, 0.3) is 0 Å². The van der Waals surface area contributed by atoms with E-state index in [0.717, 1.165) is 11.8 Å². The summed E-state index contributed by atoms with van der Waals surface area (Å²) in [4.78, 5) is 35.9. The fourth-order valence-electron chi connectivity index (χ4n) is 2.37. The lowest BCUT2D eigenvalue weighted by atomic mass is 10.2. The molecule has 29 heavy (non-hydrogen) atoms. The van der Waals surface area contributed by atoms with Crippen molar-refractivity contribution in [3.63, 3.8) is 0 Å². The van der Waals surface area contributed by atoms with Crippen LogP contribution in [0.1, 0.15) is 29.5 Å². The van der Waals surface area contributed by atoms with Crippen LogP contribution in [-0.4, -0.2) is 41.0 Å². The number of thioether (sulfide) groups is 1. The number of esters is 1. The quantitative estimate of drug-likeness (QED) is 0.408. The molecule has 0 unspecified atom stereocenters. The van der Waals surface area contributed by atoms with Crippen molar-refractivity contribution in [2.45, 2.75) is 18.6 Å². The van der Waals surface area contributed by atoms with Gasteiger partial charge in [-0.3, -0.25) is 9.59 Å². The first-order chi connectivity index (χ1) is 14.0. The second-order valence-electron chi connectivity index (χ2n) is 5.81. The van der Waals surface area contributed by atoms with E-state index in [1.165, 1.54) is 12.5 Å². The Labute approximate surface area is 170 Å². The molecule has 1 aliphatic rings. The first-order valence-corrected chi connectivity index (χ1v) is 9.62. The van der Waals surface area contributed by atoms with E-state index in [1.54, 1.807) is 43.3 Å². The molecule has 1 fully saturated rings. The van der Waals surface area contributed by atoms with E-state index < -0.39 is 11.2 Å². The predicted octanol–water partition coefficient (Wildman–Crippen LogP) is 2.41. The topological polar surface area (TPSA) is 122 Å². The molecule has 1 aromatic heterocycles. The molecule has 0 radical (unpaired) electrons. The minimum Gasteiger partial charge on any atom is -0.463 e. The Morgan fingerprint density at radius 3 is 2.79 bits per heavy atom. The van der Waals surface area contributed by atoms with Crippen molar-refractivity contribution in [2.75, 3.05) is 11.9 Å². The van der Waals surface area contributed by atoms with Gasteiger partial charge in [-0.15, -0.1) is 5.10 Å². The summed E-state index contributed by atoms with van der Waals surface area (Å²) >= 11 is 1.13. The minimum absolute atomic E-state index is 0.0307. The molecule has 2 heterocycles. The number of nitrogens with zero attached hydrogens (tertiary/aromatic N) is 2.